The molecular formula is C11H13BrN2O. The monoisotopic (exact) mass is 268 g/mol. The fourth-order valence-corrected chi connectivity index (χ4v) is 1.96. The lowest BCUT2D eigenvalue weighted by Gasteiger charge is -2.09. The van der Waals surface area contributed by atoms with E-state index in [-0.39, 0.29) is 0 Å². The van der Waals surface area contributed by atoms with E-state index in [4.69, 9.17) is 4.74 Å². The first kappa shape index (κ1) is 10.5. The molecule has 0 aromatic heterocycles. The van der Waals surface area contributed by atoms with Gasteiger partial charge in [0.1, 0.15) is 11.6 Å². The van der Waals surface area contributed by atoms with E-state index in [9.17, 15) is 0 Å². The van der Waals surface area contributed by atoms with Crippen LogP contribution in [-0.4, -0.2) is 25.5 Å². The second-order valence-electron chi connectivity index (χ2n) is 3.58. The fourth-order valence-electron chi connectivity index (χ4n) is 1.53. The number of aliphatic imine (C=N–C) groups is 1. The van der Waals surface area contributed by atoms with Crippen LogP contribution in [-0.2, 0) is 0 Å². The molecule has 1 aromatic carbocycles. The van der Waals surface area contributed by atoms with Crippen molar-refractivity contribution in [1.29, 1.82) is 0 Å². The van der Waals surface area contributed by atoms with Crippen molar-refractivity contribution in [3.05, 3.63) is 28.2 Å². The highest BCUT2D eigenvalue weighted by Crippen LogP contribution is 2.23. The number of halogens is 1. The summed E-state index contributed by atoms with van der Waals surface area (Å²) in [4.78, 5) is 4.44. The molecule has 0 amide bonds. The van der Waals surface area contributed by atoms with Crippen LogP contribution < -0.4 is 10.1 Å². The third kappa shape index (κ3) is 2.15. The Hall–Kier alpha value is -1.03. The number of hydrogen-bond donors (Lipinski definition) is 1. The number of amidine groups is 1. The van der Waals surface area contributed by atoms with Gasteiger partial charge in [0.2, 0.25) is 0 Å². The molecule has 0 saturated heterocycles. The van der Waals surface area contributed by atoms with Crippen molar-refractivity contribution >= 4 is 21.8 Å². The van der Waals surface area contributed by atoms with Gasteiger partial charge in [0, 0.05) is 16.1 Å². The van der Waals surface area contributed by atoms with Crippen molar-refractivity contribution in [3.8, 4) is 5.75 Å². The minimum atomic E-state index is 0.415. The molecule has 0 fully saturated rings. The number of hydrogen-bond acceptors (Lipinski definition) is 3. The molecule has 2 rings (SSSR count). The predicted molar refractivity (Wildman–Crippen MR) is 64.7 cm³/mol. The van der Waals surface area contributed by atoms with Gasteiger partial charge in [0.25, 0.3) is 0 Å². The Morgan fingerprint density at radius 2 is 2.33 bits per heavy atom. The van der Waals surface area contributed by atoms with Crippen molar-refractivity contribution in [2.75, 3.05) is 13.7 Å². The molecule has 1 aromatic rings. The Morgan fingerprint density at radius 1 is 1.53 bits per heavy atom. The molecule has 4 heteroatoms. The Kier molecular flexibility index (Phi) is 2.95. The maximum Gasteiger partial charge on any atom is 0.129 e. The lowest BCUT2D eigenvalue weighted by atomic mass is 10.2. The Bertz CT molecular complexity index is 404. The van der Waals surface area contributed by atoms with E-state index < -0.39 is 0 Å². The lowest BCUT2D eigenvalue weighted by Crippen LogP contribution is -2.27. The second-order valence-corrected chi connectivity index (χ2v) is 4.43. The van der Waals surface area contributed by atoms with E-state index in [1.165, 1.54) is 0 Å². The molecule has 1 aliphatic heterocycles. The third-order valence-electron chi connectivity index (χ3n) is 2.34. The topological polar surface area (TPSA) is 33.6 Å². The molecule has 1 heterocycles. The molecule has 3 nitrogen and oxygen atoms in total. The van der Waals surface area contributed by atoms with Gasteiger partial charge in [-0.25, -0.2) is 0 Å². The second kappa shape index (κ2) is 4.23. The molecule has 0 radical (unpaired) electrons. The first-order valence-electron chi connectivity index (χ1n) is 4.85. The molecule has 1 unspecified atom stereocenters. The van der Waals surface area contributed by atoms with Crippen LogP contribution in [0.4, 0.5) is 0 Å². The van der Waals surface area contributed by atoms with E-state index in [2.05, 4.69) is 33.2 Å². The molecule has 0 saturated carbocycles. The number of rotatable bonds is 2. The molecule has 1 N–H and O–H groups in total. The summed E-state index contributed by atoms with van der Waals surface area (Å²) < 4.78 is 6.22. The quantitative estimate of drug-likeness (QED) is 0.893. The fraction of sp³-hybridized carbons (Fsp3) is 0.364. The third-order valence-corrected chi connectivity index (χ3v) is 3.03. The highest BCUT2D eigenvalue weighted by Gasteiger charge is 2.16. The summed E-state index contributed by atoms with van der Waals surface area (Å²) in [6, 6.07) is 6.29. The zero-order valence-corrected chi connectivity index (χ0v) is 10.3. The average Bonchev–Trinajstić information content (AvgIpc) is 2.65. The van der Waals surface area contributed by atoms with Crippen molar-refractivity contribution in [1.82, 2.24) is 5.32 Å². The zero-order chi connectivity index (χ0) is 10.8. The summed E-state index contributed by atoms with van der Waals surface area (Å²) in [5, 5.41) is 3.33. The summed E-state index contributed by atoms with van der Waals surface area (Å²) in [7, 11) is 1.67. The van der Waals surface area contributed by atoms with Gasteiger partial charge in [-0.1, -0.05) is 15.9 Å². The largest absolute Gasteiger partial charge is 0.497 e. The van der Waals surface area contributed by atoms with Crippen LogP contribution in [0.15, 0.2) is 27.7 Å². The number of nitrogens with zero attached hydrogens (tertiary/aromatic N) is 1. The van der Waals surface area contributed by atoms with Crippen LogP contribution in [0, 0.1) is 0 Å². The summed E-state index contributed by atoms with van der Waals surface area (Å²) in [5.41, 5.74) is 1.05. The number of methoxy groups -OCH3 is 1. The molecule has 1 aliphatic rings. The van der Waals surface area contributed by atoms with Crippen LogP contribution in [0.25, 0.3) is 0 Å². The maximum absolute atomic E-state index is 5.19. The van der Waals surface area contributed by atoms with E-state index in [0.717, 1.165) is 28.2 Å². The summed E-state index contributed by atoms with van der Waals surface area (Å²) >= 11 is 3.51. The van der Waals surface area contributed by atoms with Crippen LogP contribution in [0.2, 0.25) is 0 Å². The van der Waals surface area contributed by atoms with Gasteiger partial charge in [0.05, 0.1) is 13.7 Å². The normalized spacial score (nSPS) is 19.7. The Labute approximate surface area is 97.7 Å². The molecule has 80 valence electrons. The van der Waals surface area contributed by atoms with Crippen molar-refractivity contribution in [2.24, 2.45) is 4.99 Å². The van der Waals surface area contributed by atoms with Gasteiger partial charge >= 0.3 is 0 Å². The average molecular weight is 269 g/mol. The van der Waals surface area contributed by atoms with E-state index in [1.54, 1.807) is 7.11 Å². The Morgan fingerprint density at radius 3 is 2.93 bits per heavy atom. The van der Waals surface area contributed by atoms with Gasteiger partial charge in [0.15, 0.2) is 0 Å². The van der Waals surface area contributed by atoms with E-state index in [1.807, 2.05) is 18.2 Å². The van der Waals surface area contributed by atoms with Gasteiger partial charge in [-0.2, -0.15) is 0 Å². The minimum absolute atomic E-state index is 0.415. The molecule has 0 bridgehead atoms. The van der Waals surface area contributed by atoms with Gasteiger partial charge < -0.3 is 10.1 Å². The first-order chi connectivity index (χ1) is 7.20. The smallest absolute Gasteiger partial charge is 0.129 e. The maximum atomic E-state index is 5.19. The van der Waals surface area contributed by atoms with Gasteiger partial charge in [-0.15, -0.1) is 0 Å². The van der Waals surface area contributed by atoms with Crippen molar-refractivity contribution in [3.63, 3.8) is 0 Å². The van der Waals surface area contributed by atoms with Crippen LogP contribution in [0.1, 0.15) is 12.5 Å². The molecular weight excluding hydrogens is 256 g/mol. The predicted octanol–water partition coefficient (Wildman–Crippen LogP) is 2.20. The van der Waals surface area contributed by atoms with Crippen LogP contribution in [0.3, 0.4) is 0 Å². The van der Waals surface area contributed by atoms with Gasteiger partial charge in [-0.3, -0.25) is 4.99 Å². The standard InChI is InChI=1S/C11H13BrN2O/c1-7-6-13-11(14-7)9-5-8(15-2)3-4-10(9)12/h3-5,7H,6H2,1-2H3,(H,13,14). The molecule has 15 heavy (non-hydrogen) atoms. The van der Waals surface area contributed by atoms with E-state index in [0.29, 0.717) is 6.04 Å². The highest BCUT2D eigenvalue weighted by atomic mass is 79.9. The number of nitrogens with one attached hydrogen (secondary N) is 1. The van der Waals surface area contributed by atoms with Crippen molar-refractivity contribution in [2.45, 2.75) is 13.0 Å². The molecule has 0 spiro atoms. The summed E-state index contributed by atoms with van der Waals surface area (Å²) in [6.07, 6.45) is 0. The van der Waals surface area contributed by atoms with E-state index >= 15 is 0 Å². The summed E-state index contributed by atoms with van der Waals surface area (Å²) in [6.45, 7) is 2.95. The van der Waals surface area contributed by atoms with Gasteiger partial charge in [-0.05, 0) is 25.1 Å². The Balaban J connectivity index is 2.34. The highest BCUT2D eigenvalue weighted by molar-refractivity contribution is 9.10. The number of benzene rings is 1. The molecule has 1 atom stereocenters. The van der Waals surface area contributed by atoms with Crippen LogP contribution >= 0.6 is 15.9 Å². The SMILES string of the molecule is COc1ccc(Br)c(C2=NCC(C)N2)c1. The summed E-state index contributed by atoms with van der Waals surface area (Å²) in [5.74, 6) is 1.78. The zero-order valence-electron chi connectivity index (χ0n) is 8.75. The van der Waals surface area contributed by atoms with Crippen LogP contribution in [0.5, 0.6) is 5.75 Å². The molecule has 0 aliphatic carbocycles. The first-order valence-corrected chi connectivity index (χ1v) is 5.65. The lowest BCUT2D eigenvalue weighted by molar-refractivity contribution is 0.414. The number of ether oxygens (including phenoxy) is 1. The minimum Gasteiger partial charge on any atom is -0.497 e. The van der Waals surface area contributed by atoms with Crippen molar-refractivity contribution < 1.29 is 4.74 Å².